The highest BCUT2D eigenvalue weighted by atomic mass is 16.5. The molecule has 1 amide bonds. The molecule has 1 aromatic rings. The molecule has 1 heterocycles. The Bertz CT molecular complexity index is 349. The molecule has 6 heteroatoms. The number of hydrogen-bond donors (Lipinski definition) is 2. The molecule has 3 N–H and O–H groups in total. The van der Waals surface area contributed by atoms with Gasteiger partial charge in [0.25, 0.3) is 0 Å². The van der Waals surface area contributed by atoms with Crippen molar-refractivity contribution in [2.45, 2.75) is 26.0 Å². The van der Waals surface area contributed by atoms with Gasteiger partial charge in [-0.05, 0) is 6.92 Å². The number of amides is 1. The van der Waals surface area contributed by atoms with Crippen LogP contribution >= 0.6 is 0 Å². The van der Waals surface area contributed by atoms with Gasteiger partial charge in [-0.15, -0.1) is 0 Å². The maximum Gasteiger partial charge on any atom is 0.222 e. The largest absolute Gasteiger partial charge is 0.380 e. The summed E-state index contributed by atoms with van der Waals surface area (Å²) < 4.78 is 5.02. The van der Waals surface area contributed by atoms with Gasteiger partial charge in [-0.3, -0.25) is 14.8 Å². The van der Waals surface area contributed by atoms with Crippen molar-refractivity contribution < 1.29 is 9.53 Å². The number of aryl methyl sites for hydroxylation is 1. The molecule has 0 saturated heterocycles. The molecule has 0 fully saturated rings. The summed E-state index contributed by atoms with van der Waals surface area (Å²) in [6, 6.07) is 0. The third-order valence-electron chi connectivity index (χ3n) is 2.31. The van der Waals surface area contributed by atoms with Gasteiger partial charge in [0.05, 0.1) is 36.7 Å². The van der Waals surface area contributed by atoms with E-state index >= 15 is 0 Å². The minimum atomic E-state index is -0.237. The molecule has 0 aliphatic heterocycles. The van der Waals surface area contributed by atoms with E-state index in [1.54, 1.807) is 12.4 Å². The molecule has 6 nitrogen and oxygen atoms in total. The lowest BCUT2D eigenvalue weighted by Crippen LogP contribution is -2.32. The van der Waals surface area contributed by atoms with Crippen molar-refractivity contribution in [1.29, 1.82) is 0 Å². The summed E-state index contributed by atoms with van der Waals surface area (Å²) in [6.07, 6.45) is 3.33. The Kier molecular flexibility index (Phi) is 5.51. The fourth-order valence-electron chi connectivity index (χ4n) is 1.24. The molecule has 17 heavy (non-hydrogen) atoms. The highest BCUT2D eigenvalue weighted by Gasteiger charge is 2.11. The molecule has 0 aliphatic carbocycles. The van der Waals surface area contributed by atoms with Crippen molar-refractivity contribution in [2.75, 3.05) is 13.7 Å². The minimum Gasteiger partial charge on any atom is -0.380 e. The highest BCUT2D eigenvalue weighted by Crippen LogP contribution is 1.97. The Balaban J connectivity index is 2.35. The van der Waals surface area contributed by atoms with E-state index in [1.165, 1.54) is 7.11 Å². The number of rotatable bonds is 6. The van der Waals surface area contributed by atoms with Crippen molar-refractivity contribution in [3.8, 4) is 0 Å². The standard InChI is InChI=1S/C11H18N4O2/c1-8-5-14-9(6-13-8)7-15-11(16)3-10(4-12)17-2/h5-6,10H,3-4,7,12H2,1-2H3,(H,15,16). The van der Waals surface area contributed by atoms with Crippen LogP contribution in [0.3, 0.4) is 0 Å². The van der Waals surface area contributed by atoms with E-state index in [0.717, 1.165) is 11.4 Å². The second-order valence-electron chi connectivity index (χ2n) is 3.72. The smallest absolute Gasteiger partial charge is 0.222 e. The van der Waals surface area contributed by atoms with Gasteiger partial charge in [0.2, 0.25) is 5.91 Å². The summed E-state index contributed by atoms with van der Waals surface area (Å²) in [6.45, 7) is 2.56. The number of ether oxygens (including phenoxy) is 1. The summed E-state index contributed by atoms with van der Waals surface area (Å²) in [4.78, 5) is 19.7. The molecule has 94 valence electrons. The molecule has 0 bridgehead atoms. The normalized spacial score (nSPS) is 12.2. The monoisotopic (exact) mass is 238 g/mol. The van der Waals surface area contributed by atoms with Crippen molar-refractivity contribution in [3.63, 3.8) is 0 Å². The lowest BCUT2D eigenvalue weighted by Gasteiger charge is -2.12. The Hall–Kier alpha value is -1.53. The van der Waals surface area contributed by atoms with Gasteiger partial charge < -0.3 is 15.8 Å². The Morgan fingerprint density at radius 1 is 1.53 bits per heavy atom. The van der Waals surface area contributed by atoms with Crippen LogP contribution in [0.2, 0.25) is 0 Å². The second kappa shape index (κ2) is 6.93. The molecule has 1 unspecified atom stereocenters. The molecule has 0 spiro atoms. The summed E-state index contributed by atoms with van der Waals surface area (Å²) in [7, 11) is 1.54. The fraction of sp³-hybridized carbons (Fsp3) is 0.545. The predicted molar refractivity (Wildman–Crippen MR) is 63.1 cm³/mol. The van der Waals surface area contributed by atoms with Gasteiger partial charge in [-0.2, -0.15) is 0 Å². The number of methoxy groups -OCH3 is 1. The average Bonchev–Trinajstić information content (AvgIpc) is 2.35. The molecular formula is C11H18N4O2. The number of aromatic nitrogens is 2. The maximum absolute atomic E-state index is 11.5. The van der Waals surface area contributed by atoms with E-state index in [2.05, 4.69) is 15.3 Å². The topological polar surface area (TPSA) is 90.1 Å². The lowest BCUT2D eigenvalue weighted by atomic mass is 10.2. The molecule has 1 atom stereocenters. The average molecular weight is 238 g/mol. The zero-order valence-corrected chi connectivity index (χ0v) is 10.1. The van der Waals surface area contributed by atoms with Gasteiger partial charge in [-0.25, -0.2) is 0 Å². The number of nitrogens with one attached hydrogen (secondary N) is 1. The van der Waals surface area contributed by atoms with Crippen molar-refractivity contribution >= 4 is 5.91 Å². The van der Waals surface area contributed by atoms with Crippen LogP contribution in [0, 0.1) is 6.92 Å². The third kappa shape index (κ3) is 4.88. The number of carbonyl (C=O) groups is 1. The van der Waals surface area contributed by atoms with Crippen LogP contribution in [0.5, 0.6) is 0 Å². The number of hydrogen-bond acceptors (Lipinski definition) is 5. The van der Waals surface area contributed by atoms with Gasteiger partial charge in [0, 0.05) is 19.9 Å². The molecule has 1 aromatic heterocycles. The summed E-state index contributed by atoms with van der Waals surface area (Å²) in [5, 5.41) is 2.74. The summed E-state index contributed by atoms with van der Waals surface area (Å²) in [5.41, 5.74) is 7.01. The van der Waals surface area contributed by atoms with Crippen molar-refractivity contribution in [1.82, 2.24) is 15.3 Å². The lowest BCUT2D eigenvalue weighted by molar-refractivity contribution is -0.123. The van der Waals surface area contributed by atoms with E-state index in [9.17, 15) is 4.79 Å². The van der Waals surface area contributed by atoms with Crippen LogP contribution in [0.15, 0.2) is 12.4 Å². The van der Waals surface area contributed by atoms with Crippen LogP contribution in [0.1, 0.15) is 17.8 Å². The van der Waals surface area contributed by atoms with Gasteiger partial charge >= 0.3 is 0 Å². The molecule has 1 rings (SSSR count). The molecule has 0 aliphatic rings. The second-order valence-corrected chi connectivity index (χ2v) is 3.72. The first-order chi connectivity index (χ1) is 8.15. The maximum atomic E-state index is 11.5. The Labute approximate surface area is 101 Å². The first kappa shape index (κ1) is 13.5. The van der Waals surface area contributed by atoms with E-state index in [0.29, 0.717) is 13.1 Å². The van der Waals surface area contributed by atoms with E-state index < -0.39 is 0 Å². The first-order valence-corrected chi connectivity index (χ1v) is 5.42. The van der Waals surface area contributed by atoms with E-state index in [1.807, 2.05) is 6.92 Å². The highest BCUT2D eigenvalue weighted by molar-refractivity contribution is 5.76. The van der Waals surface area contributed by atoms with Crippen molar-refractivity contribution in [2.24, 2.45) is 5.73 Å². The third-order valence-corrected chi connectivity index (χ3v) is 2.31. The zero-order chi connectivity index (χ0) is 12.7. The molecule has 0 aromatic carbocycles. The van der Waals surface area contributed by atoms with Gasteiger partial charge in [0.1, 0.15) is 0 Å². The van der Waals surface area contributed by atoms with Gasteiger partial charge in [-0.1, -0.05) is 0 Å². The minimum absolute atomic E-state index is 0.107. The van der Waals surface area contributed by atoms with Crippen LogP contribution in [0.25, 0.3) is 0 Å². The number of carbonyl (C=O) groups excluding carboxylic acids is 1. The van der Waals surface area contributed by atoms with Crippen LogP contribution in [-0.2, 0) is 16.1 Å². The first-order valence-electron chi connectivity index (χ1n) is 5.42. The van der Waals surface area contributed by atoms with E-state index in [-0.39, 0.29) is 18.4 Å². The number of nitrogens with two attached hydrogens (primary N) is 1. The molecule has 0 radical (unpaired) electrons. The number of nitrogens with zero attached hydrogens (tertiary/aromatic N) is 2. The SMILES string of the molecule is COC(CN)CC(=O)NCc1cnc(C)cn1. The summed E-state index contributed by atoms with van der Waals surface area (Å²) in [5.74, 6) is -0.107. The van der Waals surface area contributed by atoms with Crippen LogP contribution in [0.4, 0.5) is 0 Å². The quantitative estimate of drug-likeness (QED) is 0.714. The van der Waals surface area contributed by atoms with Crippen LogP contribution in [-0.4, -0.2) is 35.6 Å². The van der Waals surface area contributed by atoms with Crippen molar-refractivity contribution in [3.05, 3.63) is 23.8 Å². The molecular weight excluding hydrogens is 220 g/mol. The Morgan fingerprint density at radius 3 is 2.82 bits per heavy atom. The van der Waals surface area contributed by atoms with Crippen LogP contribution < -0.4 is 11.1 Å². The van der Waals surface area contributed by atoms with Gasteiger partial charge in [0.15, 0.2) is 0 Å². The summed E-state index contributed by atoms with van der Waals surface area (Å²) >= 11 is 0. The van der Waals surface area contributed by atoms with E-state index in [4.69, 9.17) is 10.5 Å². The molecule has 0 saturated carbocycles. The Morgan fingerprint density at radius 2 is 2.29 bits per heavy atom. The predicted octanol–water partition coefficient (Wildman–Crippen LogP) is -0.235. The fourth-order valence-corrected chi connectivity index (χ4v) is 1.24. The zero-order valence-electron chi connectivity index (χ0n) is 10.1.